The zero-order valence-corrected chi connectivity index (χ0v) is 20.4. The quantitative estimate of drug-likeness (QED) is 0.422. The van der Waals surface area contributed by atoms with Crippen molar-refractivity contribution in [3.8, 4) is 0 Å². The summed E-state index contributed by atoms with van der Waals surface area (Å²) in [6, 6.07) is 11.5. The number of carbonyl (C=O) groups excluding carboxylic acids is 1. The Morgan fingerprint density at radius 3 is 2.73 bits per heavy atom. The molecule has 0 bridgehead atoms. The van der Waals surface area contributed by atoms with Crippen LogP contribution in [0.15, 0.2) is 62.8 Å². The van der Waals surface area contributed by atoms with Crippen LogP contribution in [0.4, 0.5) is 0 Å². The van der Waals surface area contributed by atoms with Crippen molar-refractivity contribution in [3.63, 3.8) is 0 Å². The Kier molecular flexibility index (Phi) is 5.42. The molecule has 6 nitrogen and oxygen atoms in total. The lowest BCUT2D eigenvalue weighted by atomic mass is 10.0. The lowest BCUT2D eigenvalue weighted by Gasteiger charge is -2.23. The fourth-order valence-corrected chi connectivity index (χ4v) is 6.22. The highest BCUT2D eigenvalue weighted by molar-refractivity contribution is 7.10. The largest absolute Gasteiger partial charge is 0.463 e. The molecule has 0 radical (unpaired) electrons. The average molecular weight is 478 g/mol. The molecular weight excluding hydrogens is 454 g/mol. The molecule has 1 aliphatic rings. The van der Waals surface area contributed by atoms with Crippen LogP contribution in [0.5, 0.6) is 0 Å². The fourth-order valence-electron chi connectivity index (χ4n) is 4.37. The number of aromatic nitrogens is 2. The second-order valence-electron chi connectivity index (χ2n) is 7.89. The maximum Gasteiger partial charge on any atom is 0.338 e. The summed E-state index contributed by atoms with van der Waals surface area (Å²) in [5.74, 6) is -0.434. The van der Waals surface area contributed by atoms with E-state index in [1.165, 1.54) is 22.7 Å². The highest BCUT2D eigenvalue weighted by Crippen LogP contribution is 2.33. The molecule has 3 aromatic heterocycles. The molecule has 0 saturated carbocycles. The van der Waals surface area contributed by atoms with Gasteiger partial charge in [-0.2, -0.15) is 0 Å². The first-order chi connectivity index (χ1) is 15.9. The number of thiazole rings is 1. The van der Waals surface area contributed by atoms with Crippen LogP contribution in [0.25, 0.3) is 17.0 Å². The summed E-state index contributed by atoms with van der Waals surface area (Å²) in [5, 5.41) is 3.05. The minimum absolute atomic E-state index is 0.154. The van der Waals surface area contributed by atoms with Gasteiger partial charge in [-0.25, -0.2) is 9.79 Å². The van der Waals surface area contributed by atoms with E-state index in [-0.39, 0.29) is 12.2 Å². The number of para-hydroxylation sites is 1. The van der Waals surface area contributed by atoms with E-state index >= 15 is 0 Å². The number of allylic oxidation sites excluding steroid dienone is 1. The molecule has 168 valence electrons. The van der Waals surface area contributed by atoms with Crippen molar-refractivity contribution in [3.05, 3.63) is 88.9 Å². The monoisotopic (exact) mass is 477 g/mol. The van der Waals surface area contributed by atoms with Gasteiger partial charge >= 0.3 is 5.97 Å². The number of esters is 1. The van der Waals surface area contributed by atoms with Gasteiger partial charge < -0.3 is 9.30 Å². The van der Waals surface area contributed by atoms with E-state index in [4.69, 9.17) is 4.74 Å². The van der Waals surface area contributed by atoms with Crippen LogP contribution in [-0.2, 0) is 16.6 Å². The SMILES string of the molecule is CCOC(=O)C1=C(C)N=c2s/c(=C\c3c(C)n(C)c4ccccc34)c(=O)n2C1c1cccs1. The van der Waals surface area contributed by atoms with E-state index in [1.54, 1.807) is 18.4 Å². The standard InChI is InChI=1S/C25H23N3O3S2/c1-5-31-24(30)21-14(2)26-25-28(22(21)19-11-8-12-32-19)23(29)20(33-25)13-17-15(3)27(4)18-10-7-6-9-16(17)18/h6-13,22H,5H2,1-4H3/b20-13-. The first kappa shape index (κ1) is 21.6. The summed E-state index contributed by atoms with van der Waals surface area (Å²) in [6.07, 6.45) is 1.95. The molecule has 1 aliphatic heterocycles. The minimum Gasteiger partial charge on any atom is -0.463 e. The molecule has 33 heavy (non-hydrogen) atoms. The second kappa shape index (κ2) is 8.28. The van der Waals surface area contributed by atoms with Gasteiger partial charge in [0.15, 0.2) is 4.80 Å². The molecular formula is C25H23N3O3S2. The number of nitrogens with zero attached hydrogens (tertiary/aromatic N) is 3. The Labute approximate surface area is 198 Å². The van der Waals surface area contributed by atoms with Crippen LogP contribution >= 0.6 is 22.7 Å². The van der Waals surface area contributed by atoms with Crippen molar-refractivity contribution in [1.82, 2.24) is 9.13 Å². The topological polar surface area (TPSA) is 65.6 Å². The molecule has 8 heteroatoms. The molecule has 1 atom stereocenters. The van der Waals surface area contributed by atoms with Gasteiger partial charge in [0.25, 0.3) is 5.56 Å². The zero-order chi connectivity index (χ0) is 23.3. The number of ether oxygens (including phenoxy) is 1. The lowest BCUT2D eigenvalue weighted by Crippen LogP contribution is -2.39. The highest BCUT2D eigenvalue weighted by Gasteiger charge is 2.33. The Bertz CT molecular complexity index is 1600. The van der Waals surface area contributed by atoms with Crippen molar-refractivity contribution >= 4 is 45.6 Å². The summed E-state index contributed by atoms with van der Waals surface area (Å²) in [5.41, 5.74) is 4.07. The second-order valence-corrected chi connectivity index (χ2v) is 9.88. The molecule has 0 amide bonds. The van der Waals surface area contributed by atoms with Gasteiger partial charge in [-0.3, -0.25) is 9.36 Å². The number of hydrogen-bond acceptors (Lipinski definition) is 6. The number of fused-ring (bicyclic) bond motifs is 2. The number of hydrogen-bond donors (Lipinski definition) is 0. The van der Waals surface area contributed by atoms with Gasteiger partial charge in [0.2, 0.25) is 0 Å². The van der Waals surface area contributed by atoms with E-state index in [1.807, 2.05) is 42.8 Å². The number of thiophene rings is 1. The van der Waals surface area contributed by atoms with Gasteiger partial charge in [0.05, 0.1) is 22.4 Å². The molecule has 0 N–H and O–H groups in total. The van der Waals surface area contributed by atoms with E-state index in [2.05, 4.69) is 28.6 Å². The summed E-state index contributed by atoms with van der Waals surface area (Å²) < 4.78 is 9.70. The van der Waals surface area contributed by atoms with Gasteiger partial charge in [-0.15, -0.1) is 11.3 Å². The van der Waals surface area contributed by atoms with Crippen molar-refractivity contribution in [1.29, 1.82) is 0 Å². The van der Waals surface area contributed by atoms with Crippen molar-refractivity contribution in [2.45, 2.75) is 26.8 Å². The molecule has 1 unspecified atom stereocenters. The van der Waals surface area contributed by atoms with Crippen LogP contribution in [0.1, 0.15) is 36.0 Å². The van der Waals surface area contributed by atoms with Crippen LogP contribution in [0, 0.1) is 6.92 Å². The van der Waals surface area contributed by atoms with Crippen LogP contribution in [0.3, 0.4) is 0 Å². The maximum absolute atomic E-state index is 13.7. The van der Waals surface area contributed by atoms with Gasteiger partial charge in [-0.1, -0.05) is 35.6 Å². The van der Waals surface area contributed by atoms with E-state index in [0.717, 1.165) is 27.0 Å². The van der Waals surface area contributed by atoms with Crippen LogP contribution in [0.2, 0.25) is 0 Å². The molecule has 5 rings (SSSR count). The van der Waals surface area contributed by atoms with Crippen molar-refractivity contribution in [2.24, 2.45) is 12.0 Å². The summed E-state index contributed by atoms with van der Waals surface area (Å²) in [7, 11) is 2.03. The maximum atomic E-state index is 13.7. The van der Waals surface area contributed by atoms with Crippen molar-refractivity contribution < 1.29 is 9.53 Å². The third kappa shape index (κ3) is 3.41. The summed E-state index contributed by atoms with van der Waals surface area (Å²) >= 11 is 2.86. The molecule has 4 heterocycles. The van der Waals surface area contributed by atoms with Crippen molar-refractivity contribution in [2.75, 3.05) is 6.61 Å². The number of rotatable bonds is 4. The summed E-state index contributed by atoms with van der Waals surface area (Å²) in [4.78, 5) is 32.7. The Morgan fingerprint density at radius 1 is 1.21 bits per heavy atom. The molecule has 0 aliphatic carbocycles. The molecule has 4 aromatic rings. The molecule has 0 saturated heterocycles. The Morgan fingerprint density at radius 2 is 2.00 bits per heavy atom. The predicted molar refractivity (Wildman–Crippen MR) is 132 cm³/mol. The predicted octanol–water partition coefficient (Wildman–Crippen LogP) is 3.66. The van der Waals surface area contributed by atoms with E-state index in [9.17, 15) is 9.59 Å². The number of aryl methyl sites for hydroxylation is 1. The van der Waals surface area contributed by atoms with E-state index in [0.29, 0.717) is 20.6 Å². The molecule has 0 fully saturated rings. The van der Waals surface area contributed by atoms with Gasteiger partial charge in [0, 0.05) is 34.1 Å². The zero-order valence-electron chi connectivity index (χ0n) is 18.8. The third-order valence-corrected chi connectivity index (χ3v) is 7.96. The highest BCUT2D eigenvalue weighted by atomic mass is 32.1. The fraction of sp³-hybridized carbons (Fsp3) is 0.240. The lowest BCUT2D eigenvalue weighted by molar-refractivity contribution is -0.139. The normalized spacial score (nSPS) is 16.2. The van der Waals surface area contributed by atoms with Crippen LogP contribution in [-0.4, -0.2) is 21.7 Å². The smallest absolute Gasteiger partial charge is 0.338 e. The summed E-state index contributed by atoms with van der Waals surface area (Å²) in [6.45, 7) is 5.90. The Hall–Kier alpha value is -3.23. The van der Waals surface area contributed by atoms with E-state index < -0.39 is 12.0 Å². The molecule has 1 aromatic carbocycles. The first-order valence-electron chi connectivity index (χ1n) is 10.7. The number of carbonyl (C=O) groups is 1. The third-order valence-electron chi connectivity index (χ3n) is 6.05. The minimum atomic E-state index is -0.545. The van der Waals surface area contributed by atoms with Gasteiger partial charge in [0.1, 0.15) is 6.04 Å². The Balaban J connectivity index is 1.77. The first-order valence-corrected chi connectivity index (χ1v) is 12.4. The van der Waals surface area contributed by atoms with Crippen LogP contribution < -0.4 is 14.9 Å². The average Bonchev–Trinajstić information content (AvgIpc) is 3.49. The molecule has 0 spiro atoms. The number of benzene rings is 1. The van der Waals surface area contributed by atoms with Gasteiger partial charge in [-0.05, 0) is 44.4 Å².